The molecule has 1 aromatic heterocycles. The summed E-state index contributed by atoms with van der Waals surface area (Å²) in [5.74, 6) is 0.100. The van der Waals surface area contributed by atoms with Gasteiger partial charge in [-0.2, -0.15) is 0 Å². The second-order valence-electron chi connectivity index (χ2n) is 6.16. The number of amides is 1. The molecule has 6 heteroatoms. The van der Waals surface area contributed by atoms with E-state index >= 15 is 0 Å². The van der Waals surface area contributed by atoms with Crippen LogP contribution in [0.1, 0.15) is 16.1 Å². The van der Waals surface area contributed by atoms with Gasteiger partial charge in [0.2, 0.25) is 5.95 Å². The molecule has 0 aliphatic carbocycles. The molecule has 26 heavy (non-hydrogen) atoms. The van der Waals surface area contributed by atoms with E-state index in [0.29, 0.717) is 17.3 Å². The van der Waals surface area contributed by atoms with Crippen LogP contribution in [-0.4, -0.2) is 30.0 Å². The molecule has 0 saturated carbocycles. The van der Waals surface area contributed by atoms with Gasteiger partial charge in [-0.25, -0.2) is 9.97 Å². The number of anilines is 4. The Kier molecular flexibility index (Phi) is 5.12. The fourth-order valence-electron chi connectivity index (χ4n) is 2.44. The molecule has 3 aromatic rings. The van der Waals surface area contributed by atoms with Crippen LogP contribution in [0.4, 0.5) is 23.0 Å². The van der Waals surface area contributed by atoms with E-state index in [9.17, 15) is 4.79 Å². The first-order chi connectivity index (χ1) is 12.5. The predicted molar refractivity (Wildman–Crippen MR) is 105 cm³/mol. The van der Waals surface area contributed by atoms with Crippen LogP contribution in [0.5, 0.6) is 0 Å². The van der Waals surface area contributed by atoms with E-state index in [-0.39, 0.29) is 5.91 Å². The summed E-state index contributed by atoms with van der Waals surface area (Å²) in [7, 11) is 3.94. The van der Waals surface area contributed by atoms with Crippen LogP contribution in [0.15, 0.2) is 60.8 Å². The second kappa shape index (κ2) is 7.65. The van der Waals surface area contributed by atoms with Gasteiger partial charge >= 0.3 is 0 Å². The summed E-state index contributed by atoms with van der Waals surface area (Å²) in [6.45, 7) is 2.01. The van der Waals surface area contributed by atoms with Gasteiger partial charge in [0, 0.05) is 37.4 Å². The van der Waals surface area contributed by atoms with Crippen LogP contribution in [0, 0.1) is 6.92 Å². The topological polar surface area (TPSA) is 70.2 Å². The Morgan fingerprint density at radius 2 is 1.77 bits per heavy atom. The van der Waals surface area contributed by atoms with Gasteiger partial charge in [0.05, 0.1) is 0 Å². The molecule has 2 aromatic carbocycles. The molecule has 2 N–H and O–H groups in total. The molecule has 0 spiro atoms. The number of carbonyl (C=O) groups is 1. The average molecular weight is 347 g/mol. The third-order valence-corrected chi connectivity index (χ3v) is 3.80. The number of nitrogens with one attached hydrogen (secondary N) is 2. The minimum Gasteiger partial charge on any atom is -0.378 e. The van der Waals surface area contributed by atoms with Crippen molar-refractivity contribution in [3.8, 4) is 0 Å². The third kappa shape index (κ3) is 4.36. The van der Waals surface area contributed by atoms with Crippen molar-refractivity contribution in [2.45, 2.75) is 6.92 Å². The number of carbonyl (C=O) groups excluding carboxylic acids is 1. The monoisotopic (exact) mass is 347 g/mol. The molecule has 3 rings (SSSR count). The number of hydrogen-bond donors (Lipinski definition) is 2. The molecule has 0 aliphatic heterocycles. The summed E-state index contributed by atoms with van der Waals surface area (Å²) in [5, 5.41) is 5.97. The highest BCUT2D eigenvalue weighted by Gasteiger charge is 2.10. The predicted octanol–water partition coefficient (Wildman–Crippen LogP) is 3.85. The summed E-state index contributed by atoms with van der Waals surface area (Å²) in [5.41, 5.74) is 4.08. The zero-order valence-electron chi connectivity index (χ0n) is 15.0. The van der Waals surface area contributed by atoms with Crippen LogP contribution in [0.25, 0.3) is 0 Å². The maximum atomic E-state index is 12.5. The van der Waals surface area contributed by atoms with E-state index in [1.165, 1.54) is 0 Å². The molecule has 0 radical (unpaired) electrons. The summed E-state index contributed by atoms with van der Waals surface area (Å²) < 4.78 is 0. The molecule has 0 saturated heterocycles. The number of nitrogens with zero attached hydrogens (tertiary/aromatic N) is 3. The van der Waals surface area contributed by atoms with Crippen molar-refractivity contribution in [2.75, 3.05) is 29.6 Å². The van der Waals surface area contributed by atoms with Crippen molar-refractivity contribution in [3.05, 3.63) is 72.1 Å². The summed E-state index contributed by atoms with van der Waals surface area (Å²) in [6.07, 6.45) is 1.56. The standard InChI is InChI=1S/C20H21N5O/c1-14-5-4-6-16(13-14)23-20-21-12-11-18(24-20)19(26)22-15-7-9-17(10-8-15)25(2)3/h4-13H,1-3H3,(H,22,26)(H,21,23,24). The normalized spacial score (nSPS) is 10.3. The highest BCUT2D eigenvalue weighted by atomic mass is 16.1. The quantitative estimate of drug-likeness (QED) is 0.734. The number of benzene rings is 2. The number of rotatable bonds is 5. The summed E-state index contributed by atoms with van der Waals surface area (Å²) >= 11 is 0. The zero-order chi connectivity index (χ0) is 18.5. The SMILES string of the molecule is Cc1cccc(Nc2nccc(C(=O)Nc3ccc(N(C)C)cc3)n2)c1. The van der Waals surface area contributed by atoms with E-state index in [4.69, 9.17) is 0 Å². The molecular weight excluding hydrogens is 326 g/mol. The van der Waals surface area contributed by atoms with Gasteiger partial charge in [-0.1, -0.05) is 12.1 Å². The van der Waals surface area contributed by atoms with Gasteiger partial charge in [0.25, 0.3) is 5.91 Å². The Morgan fingerprint density at radius 1 is 1.00 bits per heavy atom. The first kappa shape index (κ1) is 17.4. The van der Waals surface area contributed by atoms with Crippen LogP contribution < -0.4 is 15.5 Å². The van der Waals surface area contributed by atoms with E-state index in [1.807, 2.05) is 74.4 Å². The van der Waals surface area contributed by atoms with Gasteiger partial charge in [-0.3, -0.25) is 4.79 Å². The lowest BCUT2D eigenvalue weighted by Crippen LogP contribution is -2.15. The lowest BCUT2D eigenvalue weighted by Gasteiger charge is -2.13. The van der Waals surface area contributed by atoms with Crippen LogP contribution >= 0.6 is 0 Å². The fraction of sp³-hybridized carbons (Fsp3) is 0.150. The molecule has 1 heterocycles. The summed E-state index contributed by atoms with van der Waals surface area (Å²) in [4.78, 5) is 22.9. The van der Waals surface area contributed by atoms with Crippen molar-refractivity contribution in [1.82, 2.24) is 9.97 Å². The molecule has 132 valence electrons. The van der Waals surface area contributed by atoms with Crippen molar-refractivity contribution in [3.63, 3.8) is 0 Å². The minimum atomic E-state index is -0.280. The first-order valence-corrected chi connectivity index (χ1v) is 8.27. The zero-order valence-corrected chi connectivity index (χ0v) is 15.0. The smallest absolute Gasteiger partial charge is 0.274 e. The van der Waals surface area contributed by atoms with Gasteiger partial charge < -0.3 is 15.5 Å². The van der Waals surface area contributed by atoms with Crippen molar-refractivity contribution < 1.29 is 4.79 Å². The molecule has 0 fully saturated rings. The molecular formula is C20H21N5O. The number of aromatic nitrogens is 2. The van der Waals surface area contributed by atoms with E-state index in [0.717, 1.165) is 16.9 Å². The minimum absolute atomic E-state index is 0.280. The number of hydrogen-bond acceptors (Lipinski definition) is 5. The van der Waals surface area contributed by atoms with Crippen LogP contribution in [-0.2, 0) is 0 Å². The maximum absolute atomic E-state index is 12.5. The van der Waals surface area contributed by atoms with E-state index < -0.39 is 0 Å². The largest absolute Gasteiger partial charge is 0.378 e. The molecule has 0 bridgehead atoms. The van der Waals surface area contributed by atoms with Crippen molar-refractivity contribution >= 4 is 28.9 Å². The lowest BCUT2D eigenvalue weighted by atomic mass is 10.2. The fourth-order valence-corrected chi connectivity index (χ4v) is 2.44. The van der Waals surface area contributed by atoms with E-state index in [2.05, 4.69) is 20.6 Å². The Morgan fingerprint density at radius 3 is 2.46 bits per heavy atom. The van der Waals surface area contributed by atoms with Gasteiger partial charge in [0.15, 0.2) is 0 Å². The Balaban J connectivity index is 1.71. The van der Waals surface area contributed by atoms with Gasteiger partial charge in [-0.05, 0) is 55.0 Å². The Bertz CT molecular complexity index is 906. The van der Waals surface area contributed by atoms with Gasteiger partial charge in [0.1, 0.15) is 5.69 Å². The van der Waals surface area contributed by atoms with Crippen LogP contribution in [0.3, 0.4) is 0 Å². The molecule has 6 nitrogen and oxygen atoms in total. The average Bonchev–Trinajstić information content (AvgIpc) is 2.62. The Labute approximate surface area is 152 Å². The highest BCUT2D eigenvalue weighted by Crippen LogP contribution is 2.17. The van der Waals surface area contributed by atoms with Gasteiger partial charge in [-0.15, -0.1) is 0 Å². The third-order valence-electron chi connectivity index (χ3n) is 3.80. The van der Waals surface area contributed by atoms with Crippen molar-refractivity contribution in [1.29, 1.82) is 0 Å². The summed E-state index contributed by atoms with van der Waals surface area (Å²) in [6, 6.07) is 17.1. The molecule has 0 atom stereocenters. The number of aryl methyl sites for hydroxylation is 1. The van der Waals surface area contributed by atoms with Crippen molar-refractivity contribution in [2.24, 2.45) is 0 Å². The second-order valence-corrected chi connectivity index (χ2v) is 6.16. The van der Waals surface area contributed by atoms with E-state index in [1.54, 1.807) is 12.3 Å². The lowest BCUT2D eigenvalue weighted by molar-refractivity contribution is 0.102. The van der Waals surface area contributed by atoms with Crippen LogP contribution in [0.2, 0.25) is 0 Å². The molecule has 1 amide bonds. The first-order valence-electron chi connectivity index (χ1n) is 8.27. The highest BCUT2D eigenvalue weighted by molar-refractivity contribution is 6.03. The maximum Gasteiger partial charge on any atom is 0.274 e. The Hall–Kier alpha value is -3.41. The molecule has 0 unspecified atom stereocenters. The molecule has 0 aliphatic rings.